The minimum absolute atomic E-state index is 0.132. The zero-order valence-electron chi connectivity index (χ0n) is 13.1. The average molecular weight is 325 g/mol. The van der Waals surface area contributed by atoms with Gasteiger partial charge in [-0.05, 0) is 18.2 Å². The fourth-order valence-electron chi connectivity index (χ4n) is 2.21. The van der Waals surface area contributed by atoms with Crippen molar-refractivity contribution in [3.8, 4) is 22.8 Å². The summed E-state index contributed by atoms with van der Waals surface area (Å²) < 4.78 is 10.5. The van der Waals surface area contributed by atoms with E-state index in [9.17, 15) is 4.79 Å². The number of aromatic nitrogens is 3. The van der Waals surface area contributed by atoms with Crippen molar-refractivity contribution >= 4 is 11.4 Å². The van der Waals surface area contributed by atoms with E-state index < -0.39 is 5.56 Å². The Kier molecular flexibility index (Phi) is 4.37. The summed E-state index contributed by atoms with van der Waals surface area (Å²) >= 11 is 0. The first-order valence-corrected chi connectivity index (χ1v) is 7.08. The Bertz CT molecular complexity index is 929. The first-order valence-electron chi connectivity index (χ1n) is 7.08. The van der Waals surface area contributed by atoms with Gasteiger partial charge in [-0.25, -0.2) is 0 Å². The summed E-state index contributed by atoms with van der Waals surface area (Å²) in [5.74, 6) is 1.13. The van der Waals surface area contributed by atoms with E-state index >= 15 is 0 Å². The highest BCUT2D eigenvalue weighted by molar-refractivity contribution is 5.75. The summed E-state index contributed by atoms with van der Waals surface area (Å²) in [7, 11) is 3.09. The molecule has 2 heterocycles. The van der Waals surface area contributed by atoms with Crippen LogP contribution in [0.2, 0.25) is 0 Å². The number of hydrogen-bond donors (Lipinski definition) is 2. The molecule has 0 amide bonds. The third kappa shape index (κ3) is 2.89. The molecule has 0 saturated heterocycles. The van der Waals surface area contributed by atoms with Crippen molar-refractivity contribution in [2.45, 2.75) is 0 Å². The number of aromatic amines is 2. The summed E-state index contributed by atoms with van der Waals surface area (Å²) in [6.07, 6.45) is 3.18. The number of H-pyrrole nitrogens is 2. The smallest absolute Gasteiger partial charge is 0.292 e. The van der Waals surface area contributed by atoms with Crippen LogP contribution in [0.3, 0.4) is 0 Å². The molecular weight excluding hydrogens is 310 g/mol. The van der Waals surface area contributed by atoms with Crippen molar-refractivity contribution in [2.75, 3.05) is 14.2 Å². The summed E-state index contributed by atoms with van der Waals surface area (Å²) in [6.45, 7) is 0. The summed E-state index contributed by atoms with van der Waals surface area (Å²) in [4.78, 5) is 16.1. The predicted molar refractivity (Wildman–Crippen MR) is 88.4 cm³/mol. The second kappa shape index (κ2) is 6.78. The van der Waals surface area contributed by atoms with Crippen LogP contribution in [-0.2, 0) is 0 Å². The normalized spacial score (nSPS) is 10.9. The standard InChI is InChI=1S/C16H15N5O3/c1-23-12-7-8-17-9-10(12)14-15(16(22)21-19-14)20-18-11-5-3-4-6-13(11)24-2/h3-9H,1-2H3,(H2,19,21,22). The van der Waals surface area contributed by atoms with Gasteiger partial charge in [0.15, 0.2) is 5.69 Å². The van der Waals surface area contributed by atoms with E-state index in [0.717, 1.165) is 0 Å². The van der Waals surface area contributed by atoms with Crippen LogP contribution in [0.15, 0.2) is 57.7 Å². The second-order valence-corrected chi connectivity index (χ2v) is 4.75. The van der Waals surface area contributed by atoms with E-state index in [0.29, 0.717) is 28.4 Å². The SMILES string of the molecule is COc1ccccc1N=Nc1c(-c2cnccc2OC)[nH][nH]c1=O. The number of pyridine rings is 1. The van der Waals surface area contributed by atoms with Gasteiger partial charge in [-0.2, -0.15) is 0 Å². The number of benzene rings is 1. The van der Waals surface area contributed by atoms with Crippen LogP contribution >= 0.6 is 0 Å². The van der Waals surface area contributed by atoms with Gasteiger partial charge in [0, 0.05) is 12.4 Å². The molecule has 2 N–H and O–H groups in total. The molecule has 3 rings (SSSR count). The maximum absolute atomic E-state index is 12.1. The van der Waals surface area contributed by atoms with Crippen LogP contribution in [0.1, 0.15) is 0 Å². The lowest BCUT2D eigenvalue weighted by molar-refractivity contribution is 0.415. The van der Waals surface area contributed by atoms with Crippen LogP contribution in [0.4, 0.5) is 11.4 Å². The lowest BCUT2D eigenvalue weighted by atomic mass is 10.2. The number of nitrogens with zero attached hydrogens (tertiary/aromatic N) is 3. The molecule has 0 fully saturated rings. The summed E-state index contributed by atoms with van der Waals surface area (Å²) in [5.41, 5.74) is 1.31. The molecule has 8 nitrogen and oxygen atoms in total. The Balaban J connectivity index is 2.05. The largest absolute Gasteiger partial charge is 0.496 e. The van der Waals surface area contributed by atoms with E-state index in [2.05, 4.69) is 25.4 Å². The Morgan fingerprint density at radius 2 is 1.79 bits per heavy atom. The molecule has 0 aliphatic heterocycles. The molecule has 122 valence electrons. The van der Waals surface area contributed by atoms with E-state index in [4.69, 9.17) is 9.47 Å². The highest BCUT2D eigenvalue weighted by Crippen LogP contribution is 2.33. The molecule has 3 aromatic rings. The first-order chi connectivity index (χ1) is 11.7. The number of nitrogens with one attached hydrogen (secondary N) is 2. The van der Waals surface area contributed by atoms with E-state index in [-0.39, 0.29) is 5.69 Å². The van der Waals surface area contributed by atoms with Crippen LogP contribution in [0, 0.1) is 0 Å². The molecule has 8 heteroatoms. The lowest BCUT2D eigenvalue weighted by Crippen LogP contribution is -1.96. The van der Waals surface area contributed by atoms with E-state index in [1.165, 1.54) is 0 Å². The van der Waals surface area contributed by atoms with E-state index in [1.54, 1.807) is 44.8 Å². The van der Waals surface area contributed by atoms with Crippen molar-refractivity contribution in [2.24, 2.45) is 10.2 Å². The zero-order chi connectivity index (χ0) is 16.9. The Morgan fingerprint density at radius 3 is 2.58 bits per heavy atom. The third-order valence-corrected chi connectivity index (χ3v) is 3.37. The minimum atomic E-state index is -0.394. The van der Waals surface area contributed by atoms with Crippen molar-refractivity contribution < 1.29 is 9.47 Å². The van der Waals surface area contributed by atoms with Gasteiger partial charge in [0.2, 0.25) is 0 Å². The van der Waals surface area contributed by atoms with Gasteiger partial charge in [-0.1, -0.05) is 12.1 Å². The molecule has 0 saturated carbocycles. The maximum atomic E-state index is 12.1. The molecule has 24 heavy (non-hydrogen) atoms. The lowest BCUT2D eigenvalue weighted by Gasteiger charge is -2.05. The monoisotopic (exact) mass is 325 g/mol. The van der Waals surface area contributed by atoms with Crippen LogP contribution in [0.5, 0.6) is 11.5 Å². The maximum Gasteiger partial charge on any atom is 0.292 e. The zero-order valence-corrected chi connectivity index (χ0v) is 13.1. The second-order valence-electron chi connectivity index (χ2n) is 4.75. The number of azo groups is 1. The van der Waals surface area contributed by atoms with Crippen molar-refractivity contribution in [1.82, 2.24) is 15.2 Å². The van der Waals surface area contributed by atoms with Gasteiger partial charge < -0.3 is 9.47 Å². The number of hydrogen-bond acceptors (Lipinski definition) is 6. The molecule has 0 aliphatic carbocycles. The molecule has 2 aromatic heterocycles. The molecule has 0 aliphatic rings. The summed E-state index contributed by atoms with van der Waals surface area (Å²) in [6, 6.07) is 8.84. The van der Waals surface area contributed by atoms with Crippen molar-refractivity contribution in [3.05, 3.63) is 53.1 Å². The van der Waals surface area contributed by atoms with Gasteiger partial charge in [-0.3, -0.25) is 20.0 Å². The number of ether oxygens (including phenoxy) is 2. The highest BCUT2D eigenvalue weighted by Gasteiger charge is 2.16. The summed E-state index contributed by atoms with van der Waals surface area (Å²) in [5, 5.41) is 13.5. The fraction of sp³-hybridized carbons (Fsp3) is 0.125. The van der Waals surface area contributed by atoms with Crippen molar-refractivity contribution in [1.29, 1.82) is 0 Å². The molecule has 1 aromatic carbocycles. The third-order valence-electron chi connectivity index (χ3n) is 3.37. The Labute approximate surface area is 137 Å². The van der Waals surface area contributed by atoms with Crippen LogP contribution in [-0.4, -0.2) is 29.4 Å². The molecular formula is C16H15N5O3. The van der Waals surface area contributed by atoms with Gasteiger partial charge in [-0.15, -0.1) is 10.2 Å². The minimum Gasteiger partial charge on any atom is -0.496 e. The average Bonchev–Trinajstić information content (AvgIpc) is 3.00. The topological polar surface area (TPSA) is 105 Å². The first kappa shape index (κ1) is 15.5. The van der Waals surface area contributed by atoms with Crippen molar-refractivity contribution in [3.63, 3.8) is 0 Å². The van der Waals surface area contributed by atoms with Gasteiger partial charge in [0.25, 0.3) is 5.56 Å². The molecule has 0 atom stereocenters. The number of methoxy groups -OCH3 is 2. The fourth-order valence-corrected chi connectivity index (χ4v) is 2.21. The Hall–Kier alpha value is -3.42. The predicted octanol–water partition coefficient (Wildman–Crippen LogP) is 3.20. The molecule has 0 unspecified atom stereocenters. The van der Waals surface area contributed by atoms with Gasteiger partial charge >= 0.3 is 0 Å². The van der Waals surface area contributed by atoms with Crippen LogP contribution < -0.4 is 15.0 Å². The number of rotatable bonds is 5. The Morgan fingerprint density at radius 1 is 1.00 bits per heavy atom. The van der Waals surface area contributed by atoms with Crippen LogP contribution in [0.25, 0.3) is 11.3 Å². The van der Waals surface area contributed by atoms with Gasteiger partial charge in [0.05, 0.1) is 25.5 Å². The van der Waals surface area contributed by atoms with E-state index in [1.807, 2.05) is 12.1 Å². The quantitative estimate of drug-likeness (QED) is 0.703. The molecule has 0 radical (unpaired) electrons. The number of para-hydroxylation sites is 1. The molecule has 0 spiro atoms. The van der Waals surface area contributed by atoms with Gasteiger partial charge in [0.1, 0.15) is 17.2 Å². The molecule has 0 bridgehead atoms. The highest BCUT2D eigenvalue weighted by atomic mass is 16.5.